The van der Waals surface area contributed by atoms with Gasteiger partial charge in [0.05, 0.1) is 0 Å². The smallest absolute Gasteiger partial charge is 0.410 e. The van der Waals surface area contributed by atoms with E-state index >= 15 is 0 Å². The number of ketones is 1. The van der Waals surface area contributed by atoms with Gasteiger partial charge in [0.25, 0.3) is 0 Å². The molecule has 1 saturated heterocycles. The number of Topliss-reactive ketones (excluding diaryl/α,β-unsaturated/α-hetero) is 1. The maximum Gasteiger partial charge on any atom is 0.410 e. The second-order valence-electron chi connectivity index (χ2n) is 12.8. The van der Waals surface area contributed by atoms with Crippen molar-refractivity contribution in [3.63, 3.8) is 0 Å². The predicted molar refractivity (Wildman–Crippen MR) is 150 cm³/mol. The third-order valence-corrected chi connectivity index (χ3v) is 15.0. The van der Waals surface area contributed by atoms with Crippen molar-refractivity contribution in [1.82, 2.24) is 14.1 Å². The fraction of sp³-hybridized carbons (Fsp3) is 0.690. The molecule has 36 heavy (non-hydrogen) atoms. The maximum absolute atomic E-state index is 14.2. The van der Waals surface area contributed by atoms with E-state index in [0.29, 0.717) is 29.7 Å². The molecular formula is C29H47N3O3Si. The zero-order valence-electron chi connectivity index (χ0n) is 24.3. The van der Waals surface area contributed by atoms with Crippen LogP contribution < -0.4 is 0 Å². The molecule has 0 aliphatic carbocycles. The second-order valence-corrected chi connectivity index (χ2v) is 18.5. The highest BCUT2D eigenvalue weighted by molar-refractivity contribution is 6.82. The van der Waals surface area contributed by atoms with Crippen LogP contribution in [0.2, 0.25) is 16.6 Å². The normalized spacial score (nSPS) is 19.6. The molecule has 1 aliphatic heterocycles. The molecule has 1 aliphatic rings. The van der Waals surface area contributed by atoms with E-state index in [4.69, 9.17) is 9.72 Å². The van der Waals surface area contributed by atoms with Crippen LogP contribution in [0, 0.1) is 18.8 Å². The van der Waals surface area contributed by atoms with Crippen molar-refractivity contribution in [2.45, 2.75) is 105 Å². The minimum atomic E-state index is -2.02. The molecule has 0 aromatic carbocycles. The summed E-state index contributed by atoms with van der Waals surface area (Å²) in [5.41, 5.74) is 3.61. The minimum Gasteiger partial charge on any atom is -0.444 e. The van der Waals surface area contributed by atoms with Crippen LogP contribution in [0.25, 0.3) is 11.0 Å². The summed E-state index contributed by atoms with van der Waals surface area (Å²) >= 11 is 0. The third kappa shape index (κ3) is 5.00. The van der Waals surface area contributed by atoms with Gasteiger partial charge in [-0.1, -0.05) is 48.5 Å². The van der Waals surface area contributed by atoms with E-state index in [1.165, 1.54) is 0 Å². The molecule has 0 saturated carbocycles. The van der Waals surface area contributed by atoms with Crippen molar-refractivity contribution < 1.29 is 14.3 Å². The number of hydrogen-bond acceptors (Lipinski definition) is 4. The van der Waals surface area contributed by atoms with Gasteiger partial charge in [-0.3, -0.25) is 4.79 Å². The first-order valence-corrected chi connectivity index (χ1v) is 15.8. The fourth-order valence-corrected chi connectivity index (χ4v) is 13.3. The summed E-state index contributed by atoms with van der Waals surface area (Å²) in [6, 6.07) is 2.11. The molecule has 2 aromatic rings. The Morgan fingerprint density at radius 1 is 1.08 bits per heavy atom. The molecular weight excluding hydrogens is 466 g/mol. The number of aromatic nitrogens is 2. The Labute approximate surface area is 218 Å². The highest BCUT2D eigenvalue weighted by atomic mass is 28.3. The van der Waals surface area contributed by atoms with Crippen LogP contribution in [0.3, 0.4) is 0 Å². The van der Waals surface area contributed by atoms with Gasteiger partial charge in [-0.05, 0) is 74.5 Å². The van der Waals surface area contributed by atoms with E-state index in [0.717, 1.165) is 28.6 Å². The number of piperidine rings is 1. The number of likely N-dealkylation sites (tertiary alicyclic amines) is 1. The van der Waals surface area contributed by atoms with Crippen molar-refractivity contribution in [3.8, 4) is 0 Å². The lowest BCUT2D eigenvalue weighted by Crippen LogP contribution is -2.51. The molecule has 0 unspecified atom stereocenters. The Bertz CT molecular complexity index is 1090. The summed E-state index contributed by atoms with van der Waals surface area (Å²) in [4.78, 5) is 33.6. The first kappa shape index (κ1) is 28.4. The van der Waals surface area contributed by atoms with Crippen LogP contribution in [0.1, 0.15) is 91.6 Å². The number of ether oxygens (including phenoxy) is 1. The van der Waals surface area contributed by atoms with E-state index in [2.05, 4.69) is 65.0 Å². The summed E-state index contributed by atoms with van der Waals surface area (Å²) in [6.07, 6.45) is 4.51. The van der Waals surface area contributed by atoms with Crippen molar-refractivity contribution in [3.05, 3.63) is 29.6 Å². The summed E-state index contributed by atoms with van der Waals surface area (Å²) < 4.78 is 8.08. The van der Waals surface area contributed by atoms with E-state index in [-0.39, 0.29) is 23.7 Å². The van der Waals surface area contributed by atoms with Gasteiger partial charge in [-0.2, -0.15) is 0 Å². The number of amides is 1. The summed E-state index contributed by atoms with van der Waals surface area (Å²) in [5.74, 6) is 0.0434. The van der Waals surface area contributed by atoms with Crippen LogP contribution in [0.5, 0.6) is 0 Å². The average Bonchev–Trinajstić information content (AvgIpc) is 3.16. The van der Waals surface area contributed by atoms with E-state index < -0.39 is 13.8 Å². The predicted octanol–water partition coefficient (Wildman–Crippen LogP) is 7.44. The third-order valence-electron chi connectivity index (χ3n) is 8.29. The van der Waals surface area contributed by atoms with Gasteiger partial charge in [0, 0.05) is 36.2 Å². The number of carbonyl (C=O) groups excluding carboxylic acids is 2. The fourth-order valence-electron chi connectivity index (χ4n) is 6.75. The molecule has 3 heterocycles. The molecule has 0 spiro atoms. The van der Waals surface area contributed by atoms with Gasteiger partial charge in [0.2, 0.25) is 0 Å². The Balaban J connectivity index is 2.07. The van der Waals surface area contributed by atoms with Gasteiger partial charge in [-0.25, -0.2) is 9.78 Å². The van der Waals surface area contributed by atoms with Gasteiger partial charge in [0.15, 0.2) is 14.0 Å². The standard InChI is InChI=1S/C29H47N3O3Si/c1-18(2)36(19(3)4,20(5)6)32-15-13-23-25(22(8)16-30-27(23)32)26(33)24-17-31(14-12-21(24)7)28(34)35-29(9,10)11/h13,15-16,18-21,24H,12,14,17H2,1-11H3/t21-,24+/m0/s1. The lowest BCUT2D eigenvalue weighted by Gasteiger charge is -2.44. The first-order valence-electron chi connectivity index (χ1n) is 13.6. The van der Waals surface area contributed by atoms with Gasteiger partial charge < -0.3 is 13.9 Å². The molecule has 2 atom stereocenters. The molecule has 3 rings (SSSR count). The van der Waals surface area contributed by atoms with E-state index in [1.807, 2.05) is 33.9 Å². The zero-order chi connectivity index (χ0) is 27.2. The maximum atomic E-state index is 14.2. The van der Waals surface area contributed by atoms with Crippen LogP contribution >= 0.6 is 0 Å². The molecule has 6 nitrogen and oxygen atoms in total. The molecule has 1 fully saturated rings. The highest BCUT2D eigenvalue weighted by Gasteiger charge is 2.46. The second kappa shape index (κ2) is 10.3. The Morgan fingerprint density at radius 2 is 1.67 bits per heavy atom. The molecule has 0 radical (unpaired) electrons. The number of carbonyl (C=O) groups is 2. The Hall–Kier alpha value is -2.15. The van der Waals surface area contributed by atoms with Crippen molar-refractivity contribution in [2.24, 2.45) is 11.8 Å². The average molecular weight is 514 g/mol. The molecule has 2 aromatic heterocycles. The van der Waals surface area contributed by atoms with Gasteiger partial charge in [-0.15, -0.1) is 0 Å². The van der Waals surface area contributed by atoms with Crippen LogP contribution in [-0.2, 0) is 4.74 Å². The molecule has 0 N–H and O–H groups in total. The van der Waals surface area contributed by atoms with Gasteiger partial charge in [0.1, 0.15) is 11.2 Å². The highest BCUT2D eigenvalue weighted by Crippen LogP contribution is 2.44. The SMILES string of the molecule is Cc1cnc2c(ccn2[Si](C(C)C)(C(C)C)C(C)C)c1C(=O)[C@@H]1CN(C(=O)OC(C)(C)C)CC[C@@H]1C. The van der Waals surface area contributed by atoms with Crippen LogP contribution in [0.15, 0.2) is 18.5 Å². The Kier molecular flexibility index (Phi) is 8.14. The van der Waals surface area contributed by atoms with E-state index in [1.54, 1.807) is 4.90 Å². The first-order chi connectivity index (χ1) is 16.6. The molecule has 1 amide bonds. The summed E-state index contributed by atoms with van der Waals surface area (Å²) in [5, 5.41) is 0.945. The number of rotatable bonds is 6. The molecule has 7 heteroatoms. The van der Waals surface area contributed by atoms with Gasteiger partial charge >= 0.3 is 6.09 Å². The summed E-state index contributed by atoms with van der Waals surface area (Å²) in [7, 11) is -2.02. The number of aryl methyl sites for hydroxylation is 1. The number of nitrogens with zero attached hydrogens (tertiary/aromatic N) is 3. The molecule has 0 bridgehead atoms. The zero-order valence-corrected chi connectivity index (χ0v) is 25.3. The topological polar surface area (TPSA) is 64.4 Å². The molecule has 200 valence electrons. The van der Waals surface area contributed by atoms with Crippen molar-refractivity contribution in [1.29, 1.82) is 0 Å². The quantitative estimate of drug-likeness (QED) is 0.297. The van der Waals surface area contributed by atoms with Crippen LogP contribution in [-0.4, -0.2) is 52.9 Å². The number of hydrogen-bond donors (Lipinski definition) is 0. The van der Waals surface area contributed by atoms with Crippen molar-refractivity contribution >= 4 is 31.1 Å². The number of fused-ring (bicyclic) bond motifs is 1. The monoisotopic (exact) mass is 513 g/mol. The lowest BCUT2D eigenvalue weighted by molar-refractivity contribution is 0.0124. The Morgan fingerprint density at radius 3 is 2.19 bits per heavy atom. The lowest BCUT2D eigenvalue weighted by atomic mass is 9.80. The summed E-state index contributed by atoms with van der Waals surface area (Å²) in [6.45, 7) is 24.8. The van der Waals surface area contributed by atoms with Crippen LogP contribution in [0.4, 0.5) is 4.79 Å². The number of pyridine rings is 1. The van der Waals surface area contributed by atoms with E-state index in [9.17, 15) is 9.59 Å². The largest absolute Gasteiger partial charge is 0.444 e. The van der Waals surface area contributed by atoms with Crippen molar-refractivity contribution in [2.75, 3.05) is 13.1 Å². The minimum absolute atomic E-state index is 0.115.